The maximum absolute atomic E-state index is 11.9. The minimum atomic E-state index is -0.110. The number of nitrogens with zero attached hydrogens (tertiary/aromatic N) is 1. The number of rotatable bonds is 1. The average molecular weight is 327 g/mol. The molecule has 0 radical (unpaired) electrons. The van der Waals surface area contributed by atoms with Crippen LogP contribution in [0.5, 0.6) is 0 Å². The van der Waals surface area contributed by atoms with E-state index in [0.29, 0.717) is 30.0 Å². The summed E-state index contributed by atoms with van der Waals surface area (Å²) in [5, 5.41) is 3.48. The maximum atomic E-state index is 11.9. The largest absolute Gasteiger partial charge is 0.295 e. The summed E-state index contributed by atoms with van der Waals surface area (Å²) in [6, 6.07) is -0.110. The van der Waals surface area contributed by atoms with Crippen molar-refractivity contribution in [2.75, 3.05) is 0 Å². The van der Waals surface area contributed by atoms with E-state index < -0.39 is 0 Å². The molecule has 3 nitrogen and oxygen atoms in total. The van der Waals surface area contributed by atoms with Crippen molar-refractivity contribution in [1.29, 1.82) is 0 Å². The molecule has 0 aromatic carbocycles. The molecular weight excluding hydrogens is 298 g/mol. The molecule has 6 atom stereocenters. The predicted octanol–water partition coefficient (Wildman–Crippen LogP) is 5.21. The first-order valence-electron chi connectivity index (χ1n) is 9.67. The topological polar surface area (TPSA) is 46.5 Å². The molecule has 0 bridgehead atoms. The standard InChI is InChI=1S/C21H29NO2/c1-4-16-19(22-24)12-18-15-6-5-13-11-14(23)7-9-20(13,2)17(15)8-10-21(16,18)3/h4,11,15,17-19H,5-10,12H2,1-3H3/b16-4-/t15?,17?,18?,19-,20+,21-/m1/s1. The highest BCUT2D eigenvalue weighted by Gasteiger charge is 2.59. The number of carbonyl (C=O) groups excluding carboxylic acids is 1. The number of carbonyl (C=O) groups is 1. The second kappa shape index (κ2) is 5.37. The minimum absolute atomic E-state index is 0.110. The quantitative estimate of drug-likeness (QED) is 0.490. The van der Waals surface area contributed by atoms with Crippen molar-refractivity contribution < 1.29 is 4.79 Å². The normalized spacial score (nSPS) is 49.2. The van der Waals surface area contributed by atoms with Crippen LogP contribution < -0.4 is 0 Å². The van der Waals surface area contributed by atoms with Gasteiger partial charge in [-0.3, -0.25) is 4.79 Å². The third-order valence-electron chi connectivity index (χ3n) is 8.29. The van der Waals surface area contributed by atoms with Gasteiger partial charge in [-0.1, -0.05) is 30.7 Å². The Morgan fingerprint density at radius 3 is 2.62 bits per heavy atom. The molecule has 3 unspecified atom stereocenters. The Morgan fingerprint density at radius 1 is 1.12 bits per heavy atom. The van der Waals surface area contributed by atoms with E-state index in [1.807, 2.05) is 6.08 Å². The van der Waals surface area contributed by atoms with Crippen LogP contribution in [0.1, 0.15) is 65.7 Å². The molecule has 0 aliphatic heterocycles. The molecule has 0 heterocycles. The first kappa shape index (κ1) is 16.2. The minimum Gasteiger partial charge on any atom is -0.295 e. The molecule has 4 rings (SSSR count). The summed E-state index contributed by atoms with van der Waals surface area (Å²) in [5.74, 6) is 2.26. The summed E-state index contributed by atoms with van der Waals surface area (Å²) in [7, 11) is 0. The highest BCUT2D eigenvalue weighted by Crippen LogP contribution is 2.66. The van der Waals surface area contributed by atoms with Gasteiger partial charge in [0.25, 0.3) is 0 Å². The van der Waals surface area contributed by atoms with Gasteiger partial charge in [0.05, 0.1) is 0 Å². The van der Waals surface area contributed by atoms with Crippen LogP contribution in [0.2, 0.25) is 0 Å². The van der Waals surface area contributed by atoms with Gasteiger partial charge in [-0.25, -0.2) is 0 Å². The van der Waals surface area contributed by atoms with Crippen molar-refractivity contribution in [3.8, 4) is 0 Å². The van der Waals surface area contributed by atoms with E-state index in [0.717, 1.165) is 19.3 Å². The molecule has 0 N–H and O–H groups in total. The van der Waals surface area contributed by atoms with Crippen molar-refractivity contribution in [2.45, 2.75) is 71.8 Å². The lowest BCUT2D eigenvalue weighted by molar-refractivity contribution is -0.117. The van der Waals surface area contributed by atoms with Crippen LogP contribution in [-0.2, 0) is 4.79 Å². The Bertz CT molecular complexity index is 648. The summed E-state index contributed by atoms with van der Waals surface area (Å²) in [4.78, 5) is 23.3. The molecule has 0 spiro atoms. The van der Waals surface area contributed by atoms with Crippen LogP contribution in [0.15, 0.2) is 28.5 Å². The molecular formula is C21H29NO2. The molecule has 3 saturated carbocycles. The first-order valence-corrected chi connectivity index (χ1v) is 9.67. The van der Waals surface area contributed by atoms with Crippen molar-refractivity contribution in [3.63, 3.8) is 0 Å². The lowest BCUT2D eigenvalue weighted by Gasteiger charge is -2.57. The molecule has 0 amide bonds. The van der Waals surface area contributed by atoms with Gasteiger partial charge in [-0.05, 0) is 85.7 Å². The van der Waals surface area contributed by atoms with Crippen LogP contribution in [0.3, 0.4) is 0 Å². The summed E-state index contributed by atoms with van der Waals surface area (Å²) >= 11 is 0. The monoisotopic (exact) mass is 327 g/mol. The molecule has 3 fully saturated rings. The highest BCUT2D eigenvalue weighted by molar-refractivity contribution is 5.91. The van der Waals surface area contributed by atoms with Gasteiger partial charge in [0.15, 0.2) is 5.78 Å². The molecule has 3 heteroatoms. The first-order chi connectivity index (χ1) is 11.4. The fourth-order valence-electron chi connectivity index (χ4n) is 7.04. The van der Waals surface area contributed by atoms with Crippen molar-refractivity contribution >= 4 is 5.78 Å². The Hall–Kier alpha value is -1.25. The number of fused-ring (bicyclic) bond motifs is 5. The van der Waals surface area contributed by atoms with E-state index in [2.05, 4.69) is 32.0 Å². The third kappa shape index (κ3) is 1.99. The van der Waals surface area contributed by atoms with E-state index in [1.54, 1.807) is 0 Å². The Labute approximate surface area is 144 Å². The number of hydrogen-bond donors (Lipinski definition) is 0. The zero-order valence-electron chi connectivity index (χ0n) is 15.2. The van der Waals surface area contributed by atoms with Gasteiger partial charge < -0.3 is 0 Å². The summed E-state index contributed by atoms with van der Waals surface area (Å²) in [6.45, 7) is 6.86. The summed E-state index contributed by atoms with van der Waals surface area (Å²) in [5.41, 5.74) is 3.08. The second-order valence-electron chi connectivity index (χ2n) is 9.03. The fourth-order valence-corrected chi connectivity index (χ4v) is 7.04. The molecule has 24 heavy (non-hydrogen) atoms. The molecule has 4 aliphatic carbocycles. The van der Waals surface area contributed by atoms with E-state index in [4.69, 9.17) is 0 Å². The van der Waals surface area contributed by atoms with Crippen LogP contribution in [0.25, 0.3) is 0 Å². The summed E-state index contributed by atoms with van der Waals surface area (Å²) < 4.78 is 0. The van der Waals surface area contributed by atoms with E-state index in [9.17, 15) is 9.70 Å². The second-order valence-corrected chi connectivity index (χ2v) is 9.03. The van der Waals surface area contributed by atoms with Crippen molar-refractivity contribution in [1.82, 2.24) is 0 Å². The average Bonchev–Trinajstić information content (AvgIpc) is 2.87. The third-order valence-corrected chi connectivity index (χ3v) is 8.29. The van der Waals surface area contributed by atoms with Crippen LogP contribution in [0.4, 0.5) is 0 Å². The predicted molar refractivity (Wildman–Crippen MR) is 95.4 cm³/mol. The number of hydrogen-bond acceptors (Lipinski definition) is 3. The molecule has 0 aromatic rings. The van der Waals surface area contributed by atoms with Crippen LogP contribution in [-0.4, -0.2) is 11.8 Å². The van der Waals surface area contributed by atoms with Gasteiger partial charge in [-0.2, -0.15) is 4.91 Å². The van der Waals surface area contributed by atoms with Gasteiger partial charge >= 0.3 is 0 Å². The van der Waals surface area contributed by atoms with Gasteiger partial charge in [0, 0.05) is 6.42 Å². The van der Waals surface area contributed by atoms with Gasteiger partial charge in [0.2, 0.25) is 0 Å². The lowest BCUT2D eigenvalue weighted by Crippen LogP contribution is -2.49. The zero-order valence-corrected chi connectivity index (χ0v) is 15.2. The number of nitroso groups, excluding NO2 is 1. The Balaban J connectivity index is 1.71. The highest BCUT2D eigenvalue weighted by atomic mass is 16.3. The van der Waals surface area contributed by atoms with Gasteiger partial charge in [0.1, 0.15) is 6.04 Å². The maximum Gasteiger partial charge on any atom is 0.155 e. The van der Waals surface area contributed by atoms with E-state index in [-0.39, 0.29) is 16.9 Å². The Morgan fingerprint density at radius 2 is 1.92 bits per heavy atom. The van der Waals surface area contributed by atoms with Gasteiger partial charge in [-0.15, -0.1) is 0 Å². The lowest BCUT2D eigenvalue weighted by atomic mass is 9.47. The zero-order chi connectivity index (χ0) is 17.1. The van der Waals surface area contributed by atoms with Crippen molar-refractivity contribution in [3.05, 3.63) is 28.2 Å². The smallest absolute Gasteiger partial charge is 0.155 e. The summed E-state index contributed by atoms with van der Waals surface area (Å²) in [6.07, 6.45) is 11.5. The molecule has 4 aliphatic rings. The van der Waals surface area contributed by atoms with Crippen LogP contribution >= 0.6 is 0 Å². The van der Waals surface area contributed by atoms with Crippen LogP contribution in [0, 0.1) is 33.5 Å². The number of ketones is 1. The Kier molecular flexibility index (Phi) is 3.63. The number of allylic oxidation sites excluding steroid dienone is 2. The van der Waals surface area contributed by atoms with E-state index in [1.165, 1.54) is 30.4 Å². The van der Waals surface area contributed by atoms with E-state index >= 15 is 0 Å². The molecule has 130 valence electrons. The fraction of sp³-hybridized carbons (Fsp3) is 0.762. The molecule has 0 saturated heterocycles. The SMILES string of the molecule is C/C=C1/[C@H](N=O)CC2C3CCC4=CC(=O)CC[C@]4(C)C3CC[C@]12C. The van der Waals surface area contributed by atoms with Crippen molar-refractivity contribution in [2.24, 2.45) is 33.8 Å². The molecule has 0 aromatic heterocycles.